The van der Waals surface area contributed by atoms with E-state index in [-0.39, 0.29) is 35.5 Å². The molecule has 1 aromatic heterocycles. The van der Waals surface area contributed by atoms with Gasteiger partial charge in [-0.15, -0.1) is 0 Å². The fourth-order valence-corrected chi connectivity index (χ4v) is 5.34. The fourth-order valence-electron chi connectivity index (χ4n) is 2.91. The first-order valence-electron chi connectivity index (χ1n) is 8.11. The molecule has 1 aliphatic rings. The van der Waals surface area contributed by atoms with Gasteiger partial charge in [0.25, 0.3) is 5.91 Å². The van der Waals surface area contributed by atoms with E-state index in [1.54, 1.807) is 18.4 Å². The summed E-state index contributed by atoms with van der Waals surface area (Å²) >= 11 is 4.61. The number of rotatable bonds is 5. The third-order valence-electron chi connectivity index (χ3n) is 4.28. The van der Waals surface area contributed by atoms with Crippen LogP contribution in [0, 0.1) is 5.82 Å². The number of halogens is 2. The summed E-state index contributed by atoms with van der Waals surface area (Å²) in [5.74, 6) is -0.793. The highest BCUT2D eigenvalue weighted by Crippen LogP contribution is 2.25. The first-order valence-corrected chi connectivity index (χ1v) is 12.0. The SMILES string of the molecule is CSc1ncc(Br)c(C(=O)N(Cc2ccc(F)cc2)[C@H]2CCS(=O)(=O)C2)n1. The number of hydrogen-bond donors (Lipinski definition) is 0. The van der Waals surface area contributed by atoms with Crippen molar-refractivity contribution in [2.45, 2.75) is 24.2 Å². The molecule has 1 fully saturated rings. The Balaban J connectivity index is 1.96. The molecule has 0 saturated carbocycles. The number of hydrogen-bond acceptors (Lipinski definition) is 6. The van der Waals surface area contributed by atoms with Gasteiger partial charge in [0.15, 0.2) is 15.0 Å². The third-order valence-corrected chi connectivity index (χ3v) is 7.18. The molecule has 0 aliphatic carbocycles. The van der Waals surface area contributed by atoms with Crippen molar-refractivity contribution >= 4 is 43.4 Å². The summed E-state index contributed by atoms with van der Waals surface area (Å²) in [5, 5.41) is 0.447. The molecular weight excluding hydrogens is 457 g/mol. The zero-order valence-corrected chi connectivity index (χ0v) is 17.7. The van der Waals surface area contributed by atoms with Gasteiger partial charge in [-0.05, 0) is 46.3 Å². The minimum atomic E-state index is -3.18. The second kappa shape index (κ2) is 8.24. The highest BCUT2D eigenvalue weighted by Gasteiger charge is 2.36. The molecule has 27 heavy (non-hydrogen) atoms. The summed E-state index contributed by atoms with van der Waals surface area (Å²) < 4.78 is 37.5. The summed E-state index contributed by atoms with van der Waals surface area (Å²) in [4.78, 5) is 23.1. The van der Waals surface area contributed by atoms with Crippen LogP contribution in [0.3, 0.4) is 0 Å². The molecular formula is C17H17BrFN3O3S2. The molecule has 3 rings (SSSR count). The van der Waals surface area contributed by atoms with Crippen LogP contribution in [0.15, 0.2) is 40.1 Å². The second-order valence-corrected chi connectivity index (χ2v) is 10.0. The zero-order chi connectivity index (χ0) is 19.6. The maximum atomic E-state index is 13.2. The van der Waals surface area contributed by atoms with Gasteiger partial charge in [-0.25, -0.2) is 22.8 Å². The highest BCUT2D eigenvalue weighted by atomic mass is 79.9. The molecule has 1 saturated heterocycles. The van der Waals surface area contributed by atoms with E-state index >= 15 is 0 Å². The number of carbonyl (C=O) groups excluding carboxylic acids is 1. The van der Waals surface area contributed by atoms with E-state index in [4.69, 9.17) is 0 Å². The molecule has 0 N–H and O–H groups in total. The smallest absolute Gasteiger partial charge is 0.274 e. The Hall–Kier alpha value is -1.52. The lowest BCUT2D eigenvalue weighted by atomic mass is 10.1. The summed E-state index contributed by atoms with van der Waals surface area (Å²) in [6.45, 7) is 0.171. The van der Waals surface area contributed by atoms with Gasteiger partial charge < -0.3 is 4.90 Å². The van der Waals surface area contributed by atoms with Gasteiger partial charge >= 0.3 is 0 Å². The predicted octanol–water partition coefficient (Wildman–Crippen LogP) is 2.93. The lowest BCUT2D eigenvalue weighted by molar-refractivity contribution is 0.0672. The fraction of sp³-hybridized carbons (Fsp3) is 0.353. The third kappa shape index (κ3) is 4.85. The normalized spacial score (nSPS) is 18.4. The van der Waals surface area contributed by atoms with E-state index in [2.05, 4.69) is 25.9 Å². The molecule has 1 aliphatic heterocycles. The molecule has 0 bridgehead atoms. The summed E-state index contributed by atoms with van der Waals surface area (Å²) in [5.41, 5.74) is 0.894. The van der Waals surface area contributed by atoms with Gasteiger partial charge in [-0.3, -0.25) is 4.79 Å². The van der Waals surface area contributed by atoms with Crippen LogP contribution in [0.2, 0.25) is 0 Å². The molecule has 1 aromatic carbocycles. The average molecular weight is 474 g/mol. The highest BCUT2D eigenvalue weighted by molar-refractivity contribution is 9.10. The minimum absolute atomic E-state index is 0.0475. The topological polar surface area (TPSA) is 80.2 Å². The Bertz CT molecular complexity index is 954. The largest absolute Gasteiger partial charge is 0.329 e. The van der Waals surface area contributed by atoms with E-state index in [1.807, 2.05) is 0 Å². The van der Waals surface area contributed by atoms with Crippen molar-refractivity contribution in [3.05, 3.63) is 52.0 Å². The van der Waals surface area contributed by atoms with Crippen LogP contribution in [0.1, 0.15) is 22.5 Å². The molecule has 10 heteroatoms. The number of sulfone groups is 1. The van der Waals surface area contributed by atoms with Crippen molar-refractivity contribution < 1.29 is 17.6 Å². The van der Waals surface area contributed by atoms with Gasteiger partial charge in [-0.1, -0.05) is 23.9 Å². The average Bonchev–Trinajstić information content (AvgIpc) is 3.00. The number of benzene rings is 1. The quantitative estimate of drug-likeness (QED) is 0.490. The molecule has 1 atom stereocenters. The first kappa shape index (κ1) is 20.2. The van der Waals surface area contributed by atoms with Crippen molar-refractivity contribution in [1.29, 1.82) is 0 Å². The molecule has 2 aromatic rings. The van der Waals surface area contributed by atoms with Crippen molar-refractivity contribution in [3.63, 3.8) is 0 Å². The van der Waals surface area contributed by atoms with Gasteiger partial charge in [0.05, 0.1) is 16.0 Å². The lowest BCUT2D eigenvalue weighted by Crippen LogP contribution is -2.41. The molecule has 0 unspecified atom stereocenters. The van der Waals surface area contributed by atoms with E-state index < -0.39 is 15.9 Å². The van der Waals surface area contributed by atoms with Crippen LogP contribution < -0.4 is 0 Å². The molecule has 0 spiro atoms. The number of aromatic nitrogens is 2. The van der Waals surface area contributed by atoms with Crippen LogP contribution in [0.25, 0.3) is 0 Å². The molecule has 1 amide bonds. The van der Waals surface area contributed by atoms with E-state index in [1.165, 1.54) is 35.0 Å². The van der Waals surface area contributed by atoms with Gasteiger partial charge in [0.2, 0.25) is 0 Å². The van der Waals surface area contributed by atoms with E-state index in [9.17, 15) is 17.6 Å². The first-order chi connectivity index (χ1) is 12.8. The Morgan fingerprint density at radius 3 is 2.67 bits per heavy atom. The van der Waals surface area contributed by atoms with Crippen LogP contribution >= 0.6 is 27.7 Å². The summed E-state index contributed by atoms with van der Waals surface area (Å²) in [6, 6.07) is 5.35. The van der Waals surface area contributed by atoms with E-state index in [0.29, 0.717) is 21.6 Å². The monoisotopic (exact) mass is 473 g/mol. The number of nitrogens with zero attached hydrogens (tertiary/aromatic N) is 3. The minimum Gasteiger partial charge on any atom is -0.329 e. The van der Waals surface area contributed by atoms with E-state index in [0.717, 1.165) is 0 Å². The van der Waals surface area contributed by atoms with Gasteiger partial charge in [0.1, 0.15) is 11.5 Å². The van der Waals surface area contributed by atoms with Crippen LogP contribution in [0.5, 0.6) is 0 Å². The Labute approximate surface area is 169 Å². The van der Waals surface area contributed by atoms with Crippen LogP contribution in [0.4, 0.5) is 4.39 Å². The molecule has 6 nitrogen and oxygen atoms in total. The van der Waals surface area contributed by atoms with Crippen molar-refractivity contribution in [2.24, 2.45) is 0 Å². The predicted molar refractivity (Wildman–Crippen MR) is 105 cm³/mol. The van der Waals surface area contributed by atoms with Gasteiger partial charge in [-0.2, -0.15) is 0 Å². The maximum Gasteiger partial charge on any atom is 0.274 e. The summed E-state index contributed by atoms with van der Waals surface area (Å²) in [6.07, 6.45) is 3.68. The van der Waals surface area contributed by atoms with Crippen LogP contribution in [-0.4, -0.2) is 53.0 Å². The Morgan fingerprint density at radius 1 is 1.37 bits per heavy atom. The molecule has 0 radical (unpaired) electrons. The molecule has 2 heterocycles. The Kier molecular flexibility index (Phi) is 6.17. The number of thioether (sulfide) groups is 1. The number of amides is 1. The second-order valence-electron chi connectivity index (χ2n) is 6.17. The lowest BCUT2D eigenvalue weighted by Gasteiger charge is -2.28. The zero-order valence-electron chi connectivity index (χ0n) is 14.4. The van der Waals surface area contributed by atoms with Crippen molar-refractivity contribution in [3.8, 4) is 0 Å². The molecule has 144 valence electrons. The van der Waals surface area contributed by atoms with Gasteiger partial charge in [0, 0.05) is 18.8 Å². The summed E-state index contributed by atoms with van der Waals surface area (Å²) in [7, 11) is -3.18. The van der Waals surface area contributed by atoms with Crippen molar-refractivity contribution in [2.75, 3.05) is 17.8 Å². The van der Waals surface area contributed by atoms with Crippen molar-refractivity contribution in [1.82, 2.24) is 14.9 Å². The Morgan fingerprint density at radius 2 is 2.07 bits per heavy atom. The van der Waals surface area contributed by atoms with Crippen LogP contribution in [-0.2, 0) is 16.4 Å². The number of carbonyl (C=O) groups is 1. The standard InChI is InChI=1S/C17H17BrFN3O3S2/c1-26-17-20-8-14(18)15(21-17)16(23)22(13-6-7-27(24,25)10-13)9-11-2-4-12(19)5-3-11/h2-5,8,13H,6-7,9-10H2,1H3/t13-/m0/s1. The maximum absolute atomic E-state index is 13.2.